The fraction of sp³-hybridized carbons (Fsp3) is 0.333. The van der Waals surface area contributed by atoms with Gasteiger partial charge in [0.25, 0.3) is 0 Å². The molecule has 6 heteroatoms. The summed E-state index contributed by atoms with van der Waals surface area (Å²) in [5.74, 6) is 2.51. The minimum absolute atomic E-state index is 0.433. The normalized spacial score (nSPS) is 15.1. The van der Waals surface area contributed by atoms with Crippen LogP contribution in [0.2, 0.25) is 0 Å². The highest BCUT2D eigenvalue weighted by Gasteiger charge is 2.25. The Hall–Kier alpha value is -3.28. The van der Waals surface area contributed by atoms with E-state index in [1.807, 2.05) is 18.2 Å². The lowest BCUT2D eigenvalue weighted by atomic mass is 9.95. The Labute approximate surface area is 176 Å². The molecule has 1 aliphatic heterocycles. The van der Waals surface area contributed by atoms with E-state index >= 15 is 0 Å². The predicted octanol–water partition coefficient (Wildman–Crippen LogP) is 4.34. The van der Waals surface area contributed by atoms with Crippen LogP contribution in [-0.4, -0.2) is 38.2 Å². The van der Waals surface area contributed by atoms with Gasteiger partial charge in [0, 0.05) is 31.6 Å². The molecule has 0 unspecified atom stereocenters. The van der Waals surface area contributed by atoms with E-state index in [1.54, 1.807) is 6.20 Å². The fourth-order valence-corrected chi connectivity index (χ4v) is 4.32. The molecule has 1 saturated heterocycles. The molecule has 3 aromatic heterocycles. The molecule has 4 aromatic rings. The standard InChI is InChI=1S/C24H26N6/c1-16-17(2)24(29-28-21(16)15-18-7-4-3-5-8-18)30-13-10-19(11-14-30)22-26-20-9-6-12-25-23(20)27-22/h3-9,12,19H,10-11,13-15H2,1-2H3,(H,25,26,27). The minimum Gasteiger partial charge on any atom is -0.355 e. The first-order valence-corrected chi connectivity index (χ1v) is 10.6. The Morgan fingerprint density at radius 1 is 0.967 bits per heavy atom. The number of nitrogens with zero attached hydrogens (tertiary/aromatic N) is 5. The molecular weight excluding hydrogens is 372 g/mol. The third-order valence-corrected chi connectivity index (χ3v) is 6.27. The van der Waals surface area contributed by atoms with Crippen molar-refractivity contribution in [1.82, 2.24) is 25.1 Å². The van der Waals surface area contributed by atoms with E-state index in [0.29, 0.717) is 5.92 Å². The molecule has 0 spiro atoms. The molecule has 5 rings (SSSR count). The van der Waals surface area contributed by atoms with Gasteiger partial charge in [-0.1, -0.05) is 30.3 Å². The van der Waals surface area contributed by atoms with Crippen LogP contribution in [0, 0.1) is 13.8 Å². The maximum Gasteiger partial charge on any atom is 0.177 e. The highest BCUT2D eigenvalue weighted by atomic mass is 15.3. The van der Waals surface area contributed by atoms with Crippen molar-refractivity contribution >= 4 is 17.0 Å². The summed E-state index contributed by atoms with van der Waals surface area (Å²) in [6.45, 7) is 6.26. The number of H-pyrrole nitrogens is 1. The zero-order valence-electron chi connectivity index (χ0n) is 17.5. The van der Waals surface area contributed by atoms with Crippen LogP contribution in [0.3, 0.4) is 0 Å². The van der Waals surface area contributed by atoms with Crippen molar-refractivity contribution in [2.24, 2.45) is 0 Å². The molecule has 1 aliphatic rings. The molecule has 0 bridgehead atoms. The third kappa shape index (κ3) is 3.54. The molecule has 0 amide bonds. The van der Waals surface area contributed by atoms with Crippen molar-refractivity contribution in [3.8, 4) is 0 Å². The maximum absolute atomic E-state index is 4.70. The van der Waals surface area contributed by atoms with E-state index in [4.69, 9.17) is 4.98 Å². The summed E-state index contributed by atoms with van der Waals surface area (Å²) >= 11 is 0. The highest BCUT2D eigenvalue weighted by molar-refractivity contribution is 5.70. The van der Waals surface area contributed by atoms with Crippen molar-refractivity contribution < 1.29 is 0 Å². The second-order valence-corrected chi connectivity index (χ2v) is 8.14. The van der Waals surface area contributed by atoms with Crippen LogP contribution in [0.25, 0.3) is 11.2 Å². The summed E-state index contributed by atoms with van der Waals surface area (Å²) < 4.78 is 0. The molecule has 6 nitrogen and oxygen atoms in total. The quantitative estimate of drug-likeness (QED) is 0.554. The Morgan fingerprint density at radius 3 is 2.53 bits per heavy atom. The molecular formula is C24H26N6. The van der Waals surface area contributed by atoms with Crippen molar-refractivity contribution in [3.05, 3.63) is 76.9 Å². The Bertz CT molecular complexity index is 1130. The van der Waals surface area contributed by atoms with Gasteiger partial charge >= 0.3 is 0 Å². The smallest absolute Gasteiger partial charge is 0.177 e. The fourth-order valence-electron chi connectivity index (χ4n) is 4.32. The third-order valence-electron chi connectivity index (χ3n) is 6.27. The number of anilines is 1. The van der Waals surface area contributed by atoms with E-state index in [-0.39, 0.29) is 0 Å². The van der Waals surface area contributed by atoms with Gasteiger partial charge in [0.15, 0.2) is 11.5 Å². The molecule has 0 atom stereocenters. The van der Waals surface area contributed by atoms with E-state index in [9.17, 15) is 0 Å². The van der Waals surface area contributed by atoms with Crippen molar-refractivity contribution in [2.45, 2.75) is 39.0 Å². The average molecular weight is 399 g/mol. The van der Waals surface area contributed by atoms with Crippen molar-refractivity contribution in [2.75, 3.05) is 18.0 Å². The Kier molecular flexibility index (Phi) is 4.91. The topological polar surface area (TPSA) is 70.6 Å². The first kappa shape index (κ1) is 18.7. The predicted molar refractivity (Wildman–Crippen MR) is 119 cm³/mol. The summed E-state index contributed by atoms with van der Waals surface area (Å²) in [5.41, 5.74) is 6.63. The molecule has 30 heavy (non-hydrogen) atoms. The first-order chi connectivity index (χ1) is 14.7. The average Bonchev–Trinajstić information content (AvgIpc) is 3.22. The Morgan fingerprint density at radius 2 is 1.77 bits per heavy atom. The van der Waals surface area contributed by atoms with Gasteiger partial charge < -0.3 is 9.88 Å². The lowest BCUT2D eigenvalue weighted by Gasteiger charge is -2.33. The number of aromatic nitrogens is 5. The maximum atomic E-state index is 4.70. The van der Waals surface area contributed by atoms with Gasteiger partial charge in [-0.25, -0.2) is 9.97 Å². The Balaban J connectivity index is 1.30. The molecule has 4 heterocycles. The summed E-state index contributed by atoms with van der Waals surface area (Å²) in [5, 5.41) is 9.23. The molecule has 1 fully saturated rings. The van der Waals surface area contributed by atoms with Crippen LogP contribution < -0.4 is 4.90 Å². The number of rotatable bonds is 4. The van der Waals surface area contributed by atoms with E-state index < -0.39 is 0 Å². The van der Waals surface area contributed by atoms with Crippen LogP contribution in [0.1, 0.15) is 47.0 Å². The van der Waals surface area contributed by atoms with E-state index in [0.717, 1.165) is 60.9 Å². The van der Waals surface area contributed by atoms with Gasteiger partial charge in [-0.2, -0.15) is 5.10 Å². The number of hydrogen-bond donors (Lipinski definition) is 1. The number of imidazole rings is 1. The van der Waals surface area contributed by atoms with Gasteiger partial charge in [0.1, 0.15) is 5.82 Å². The molecule has 1 N–H and O–H groups in total. The molecule has 0 aliphatic carbocycles. The zero-order valence-corrected chi connectivity index (χ0v) is 17.5. The monoisotopic (exact) mass is 398 g/mol. The van der Waals surface area contributed by atoms with Crippen LogP contribution in [0.15, 0.2) is 48.7 Å². The molecule has 152 valence electrons. The number of piperidine rings is 1. The number of benzene rings is 1. The van der Waals surface area contributed by atoms with Crippen molar-refractivity contribution in [1.29, 1.82) is 0 Å². The second kappa shape index (κ2) is 7.86. The molecule has 1 aromatic carbocycles. The summed E-state index contributed by atoms with van der Waals surface area (Å²) in [7, 11) is 0. The molecule has 0 saturated carbocycles. The van der Waals surface area contributed by atoms with Crippen LogP contribution >= 0.6 is 0 Å². The number of nitrogens with one attached hydrogen (secondary N) is 1. The minimum atomic E-state index is 0.433. The van der Waals surface area contributed by atoms with Gasteiger partial charge in [0.2, 0.25) is 0 Å². The van der Waals surface area contributed by atoms with Gasteiger partial charge in [0.05, 0.1) is 11.2 Å². The highest BCUT2D eigenvalue weighted by Crippen LogP contribution is 2.31. The summed E-state index contributed by atoms with van der Waals surface area (Å²) in [6, 6.07) is 14.4. The number of fused-ring (bicyclic) bond motifs is 1. The van der Waals surface area contributed by atoms with E-state index in [1.165, 1.54) is 16.7 Å². The van der Waals surface area contributed by atoms with Crippen LogP contribution in [0.5, 0.6) is 0 Å². The second-order valence-electron chi connectivity index (χ2n) is 8.14. The largest absolute Gasteiger partial charge is 0.355 e. The van der Waals surface area contributed by atoms with Crippen LogP contribution in [-0.2, 0) is 6.42 Å². The number of pyridine rings is 1. The summed E-state index contributed by atoms with van der Waals surface area (Å²) in [6.07, 6.45) is 4.71. The van der Waals surface area contributed by atoms with Crippen LogP contribution in [0.4, 0.5) is 5.82 Å². The lowest BCUT2D eigenvalue weighted by Crippen LogP contribution is -2.34. The van der Waals surface area contributed by atoms with Gasteiger partial charge in [-0.3, -0.25) is 0 Å². The number of aromatic amines is 1. The van der Waals surface area contributed by atoms with Crippen molar-refractivity contribution in [3.63, 3.8) is 0 Å². The first-order valence-electron chi connectivity index (χ1n) is 10.6. The van der Waals surface area contributed by atoms with E-state index in [2.05, 4.69) is 63.2 Å². The van der Waals surface area contributed by atoms with Gasteiger partial charge in [-0.15, -0.1) is 5.10 Å². The summed E-state index contributed by atoms with van der Waals surface area (Å²) in [4.78, 5) is 14.9. The van der Waals surface area contributed by atoms with Gasteiger partial charge in [-0.05, 0) is 55.5 Å². The zero-order chi connectivity index (χ0) is 20.5. The lowest BCUT2D eigenvalue weighted by molar-refractivity contribution is 0.485. The number of hydrogen-bond acceptors (Lipinski definition) is 5. The molecule has 0 radical (unpaired) electrons. The SMILES string of the molecule is Cc1c(Cc2ccccc2)nnc(N2CCC(c3nc4ncccc4[nH]3)CC2)c1C.